The van der Waals surface area contributed by atoms with E-state index in [4.69, 9.17) is 9.47 Å². The smallest absolute Gasteiger partial charge is 0.429 e. The minimum absolute atomic E-state index is 0.231. The van der Waals surface area contributed by atoms with Gasteiger partial charge in [-0.2, -0.15) is 13.2 Å². The number of hydrogen-bond acceptors (Lipinski definition) is 2. The Balaban J connectivity index is 2.42. The Morgan fingerprint density at radius 3 is 2.59 bits per heavy atom. The normalized spacial score (nSPS) is 18.5. The molecule has 1 aromatic rings. The maximum absolute atomic E-state index is 12.5. The predicted molar refractivity (Wildman–Crippen MR) is 57.2 cm³/mol. The molecule has 0 N–H and O–H groups in total. The molecule has 0 bridgehead atoms. The summed E-state index contributed by atoms with van der Waals surface area (Å²) in [6.07, 6.45) is -3.86. The third kappa shape index (κ3) is 2.09. The van der Waals surface area contributed by atoms with E-state index in [9.17, 15) is 13.2 Å². The van der Waals surface area contributed by atoms with E-state index < -0.39 is 12.3 Å². The Morgan fingerprint density at radius 1 is 1.29 bits per heavy atom. The fourth-order valence-electron chi connectivity index (χ4n) is 1.74. The van der Waals surface area contributed by atoms with Crippen LogP contribution in [0.5, 0.6) is 11.5 Å². The molecule has 0 fully saturated rings. The molecule has 0 amide bonds. The molecule has 92 valence electrons. The molecule has 0 saturated carbocycles. The summed E-state index contributed by atoms with van der Waals surface area (Å²) < 4.78 is 47.7. The van der Waals surface area contributed by atoms with Gasteiger partial charge in [0.1, 0.15) is 11.5 Å². The van der Waals surface area contributed by atoms with Crippen molar-refractivity contribution in [3.63, 3.8) is 0 Å². The largest absolute Gasteiger partial charge is 0.496 e. The van der Waals surface area contributed by atoms with Gasteiger partial charge in [-0.25, -0.2) is 0 Å². The number of hydrogen-bond donors (Lipinski definition) is 0. The van der Waals surface area contributed by atoms with Crippen LogP contribution < -0.4 is 9.47 Å². The molecule has 5 heteroatoms. The first-order valence-electron chi connectivity index (χ1n) is 5.02. The fraction of sp³-hybridized carbons (Fsp3) is 0.333. The van der Waals surface area contributed by atoms with E-state index in [-0.39, 0.29) is 5.75 Å². The SMILES string of the molecule is COc1ccc2c(c1C)OC(C(F)(F)F)C=C2. The topological polar surface area (TPSA) is 18.5 Å². The standard InChI is InChI=1S/C12H11F3O2/c1-7-9(16-2)5-3-8-4-6-10(12(13,14)15)17-11(7)8/h3-6,10H,1-2H3. The quantitative estimate of drug-likeness (QED) is 0.754. The van der Waals surface area contributed by atoms with Crippen LogP contribution in [0.4, 0.5) is 13.2 Å². The van der Waals surface area contributed by atoms with Gasteiger partial charge in [-0.1, -0.05) is 6.08 Å². The highest BCUT2D eigenvalue weighted by Gasteiger charge is 2.41. The zero-order valence-corrected chi connectivity index (χ0v) is 9.34. The highest BCUT2D eigenvalue weighted by Crippen LogP contribution is 2.38. The summed E-state index contributed by atoms with van der Waals surface area (Å²) in [5.74, 6) is 0.745. The first-order valence-corrected chi connectivity index (χ1v) is 5.02. The van der Waals surface area contributed by atoms with Crippen LogP contribution in [0, 0.1) is 6.92 Å². The van der Waals surface area contributed by atoms with Crippen LogP contribution in [0.15, 0.2) is 18.2 Å². The summed E-state index contributed by atoms with van der Waals surface area (Å²) in [4.78, 5) is 0. The van der Waals surface area contributed by atoms with Crippen molar-refractivity contribution in [1.29, 1.82) is 0 Å². The van der Waals surface area contributed by atoms with Crippen LogP contribution in [0.1, 0.15) is 11.1 Å². The Morgan fingerprint density at radius 2 is 2.00 bits per heavy atom. The number of alkyl halides is 3. The van der Waals surface area contributed by atoms with Crippen LogP contribution >= 0.6 is 0 Å². The van der Waals surface area contributed by atoms with Gasteiger partial charge in [0.2, 0.25) is 6.10 Å². The molecule has 1 heterocycles. The van der Waals surface area contributed by atoms with Gasteiger partial charge in [0.05, 0.1) is 7.11 Å². The van der Waals surface area contributed by atoms with Crippen LogP contribution in [0.2, 0.25) is 0 Å². The Hall–Kier alpha value is -1.65. The van der Waals surface area contributed by atoms with Gasteiger partial charge < -0.3 is 9.47 Å². The average Bonchev–Trinajstić information content (AvgIpc) is 2.28. The summed E-state index contributed by atoms with van der Waals surface area (Å²) >= 11 is 0. The molecule has 1 atom stereocenters. The number of rotatable bonds is 1. The van der Waals surface area contributed by atoms with Crippen molar-refractivity contribution in [2.24, 2.45) is 0 Å². The molecule has 1 aliphatic rings. The van der Waals surface area contributed by atoms with Crippen molar-refractivity contribution in [2.45, 2.75) is 19.2 Å². The highest BCUT2D eigenvalue weighted by atomic mass is 19.4. The second kappa shape index (κ2) is 3.98. The zero-order valence-electron chi connectivity index (χ0n) is 9.34. The molecular formula is C12H11F3O2. The number of benzene rings is 1. The molecule has 2 rings (SSSR count). The zero-order chi connectivity index (χ0) is 12.6. The van der Waals surface area contributed by atoms with E-state index in [1.165, 1.54) is 13.2 Å². The Kier molecular flexibility index (Phi) is 2.77. The molecule has 1 aliphatic heterocycles. The van der Waals surface area contributed by atoms with E-state index >= 15 is 0 Å². The average molecular weight is 244 g/mol. The van der Waals surface area contributed by atoms with E-state index in [1.54, 1.807) is 19.1 Å². The first-order chi connectivity index (χ1) is 7.93. The number of methoxy groups -OCH3 is 1. The lowest BCUT2D eigenvalue weighted by Crippen LogP contribution is -2.34. The van der Waals surface area contributed by atoms with Crippen molar-refractivity contribution in [3.05, 3.63) is 29.3 Å². The first kappa shape index (κ1) is 11.8. The third-order valence-corrected chi connectivity index (χ3v) is 2.62. The lowest BCUT2D eigenvalue weighted by molar-refractivity contribution is -0.180. The van der Waals surface area contributed by atoms with E-state index in [1.807, 2.05) is 0 Å². The number of ether oxygens (including phenoxy) is 2. The molecule has 2 nitrogen and oxygen atoms in total. The predicted octanol–water partition coefficient (Wildman–Crippen LogP) is 3.34. The van der Waals surface area contributed by atoms with Gasteiger partial charge in [0.25, 0.3) is 0 Å². The third-order valence-electron chi connectivity index (χ3n) is 2.62. The van der Waals surface area contributed by atoms with Crippen LogP contribution in [0.3, 0.4) is 0 Å². The van der Waals surface area contributed by atoms with Crippen molar-refractivity contribution in [1.82, 2.24) is 0 Å². The monoisotopic (exact) mass is 244 g/mol. The lowest BCUT2D eigenvalue weighted by Gasteiger charge is -2.25. The van der Waals surface area contributed by atoms with Gasteiger partial charge in [-0.3, -0.25) is 0 Å². The molecule has 1 aromatic carbocycles. The highest BCUT2D eigenvalue weighted by molar-refractivity contribution is 5.65. The second-order valence-corrected chi connectivity index (χ2v) is 3.75. The van der Waals surface area contributed by atoms with Crippen LogP contribution in [-0.4, -0.2) is 19.4 Å². The summed E-state index contributed by atoms with van der Waals surface area (Å²) in [6.45, 7) is 1.67. The van der Waals surface area contributed by atoms with Crippen LogP contribution in [-0.2, 0) is 0 Å². The second-order valence-electron chi connectivity index (χ2n) is 3.75. The maximum Gasteiger partial charge on any atom is 0.429 e. The van der Waals surface area contributed by atoms with Crippen molar-refractivity contribution < 1.29 is 22.6 Å². The number of fused-ring (bicyclic) bond motifs is 1. The van der Waals surface area contributed by atoms with Gasteiger partial charge in [0.15, 0.2) is 0 Å². The van der Waals surface area contributed by atoms with Gasteiger partial charge >= 0.3 is 6.18 Å². The van der Waals surface area contributed by atoms with Gasteiger partial charge in [-0.05, 0) is 25.1 Å². The molecule has 17 heavy (non-hydrogen) atoms. The van der Waals surface area contributed by atoms with Crippen molar-refractivity contribution >= 4 is 6.08 Å². The van der Waals surface area contributed by atoms with E-state index in [0.717, 1.165) is 6.08 Å². The van der Waals surface area contributed by atoms with Crippen LogP contribution in [0.25, 0.3) is 6.08 Å². The van der Waals surface area contributed by atoms with Gasteiger partial charge in [-0.15, -0.1) is 0 Å². The van der Waals surface area contributed by atoms with E-state index in [0.29, 0.717) is 16.9 Å². The van der Waals surface area contributed by atoms with Gasteiger partial charge in [0, 0.05) is 11.1 Å². The molecule has 0 spiro atoms. The summed E-state index contributed by atoms with van der Waals surface area (Å²) in [6, 6.07) is 3.38. The minimum Gasteiger partial charge on any atom is -0.496 e. The molecule has 0 saturated heterocycles. The lowest BCUT2D eigenvalue weighted by atomic mass is 10.0. The summed E-state index contributed by atoms with van der Waals surface area (Å²) in [5.41, 5.74) is 1.20. The van der Waals surface area contributed by atoms with Crippen molar-refractivity contribution in [2.75, 3.05) is 7.11 Å². The Bertz CT molecular complexity index is 464. The molecule has 0 aromatic heterocycles. The number of halogens is 3. The van der Waals surface area contributed by atoms with Crippen molar-refractivity contribution in [3.8, 4) is 11.5 Å². The molecule has 1 unspecified atom stereocenters. The maximum atomic E-state index is 12.5. The Labute approximate surface area is 96.6 Å². The molecule has 0 aliphatic carbocycles. The molecular weight excluding hydrogens is 233 g/mol. The molecule has 0 radical (unpaired) electrons. The summed E-state index contributed by atoms with van der Waals surface area (Å²) in [7, 11) is 1.47. The minimum atomic E-state index is -4.40. The fourth-order valence-corrected chi connectivity index (χ4v) is 1.74. The van der Waals surface area contributed by atoms with E-state index in [2.05, 4.69) is 0 Å². The summed E-state index contributed by atoms with van der Waals surface area (Å²) in [5, 5.41) is 0.